The lowest BCUT2D eigenvalue weighted by molar-refractivity contribution is 0.234. The van der Waals surface area contributed by atoms with E-state index in [1.54, 1.807) is 0 Å². The van der Waals surface area contributed by atoms with Crippen molar-refractivity contribution in [1.82, 2.24) is 5.32 Å². The van der Waals surface area contributed by atoms with Gasteiger partial charge in [0.15, 0.2) is 0 Å². The van der Waals surface area contributed by atoms with Crippen molar-refractivity contribution in [1.29, 1.82) is 0 Å². The Bertz CT molecular complexity index is 182. The summed E-state index contributed by atoms with van der Waals surface area (Å²) < 4.78 is 0. The summed E-state index contributed by atoms with van der Waals surface area (Å²) in [6.07, 6.45) is 11.9. The van der Waals surface area contributed by atoms with E-state index < -0.39 is 0 Å². The van der Waals surface area contributed by atoms with E-state index in [-0.39, 0.29) is 0 Å². The Hall–Kier alpha value is -0.0400. The SMILES string of the molecule is CNC1CCC(C2CCCCCC2)C1C. The van der Waals surface area contributed by atoms with Gasteiger partial charge in [-0.3, -0.25) is 0 Å². The summed E-state index contributed by atoms with van der Waals surface area (Å²) in [7, 11) is 2.14. The third kappa shape index (κ3) is 2.55. The number of nitrogens with one attached hydrogen (secondary N) is 1. The van der Waals surface area contributed by atoms with Gasteiger partial charge in [-0.1, -0.05) is 45.4 Å². The third-order valence-electron chi connectivity index (χ3n) is 5.00. The molecule has 2 saturated carbocycles. The van der Waals surface area contributed by atoms with Crippen LogP contribution in [-0.2, 0) is 0 Å². The molecule has 0 aromatic carbocycles. The van der Waals surface area contributed by atoms with E-state index in [9.17, 15) is 0 Å². The molecule has 2 fully saturated rings. The molecule has 0 heterocycles. The second-order valence-corrected chi connectivity index (χ2v) is 5.75. The van der Waals surface area contributed by atoms with Crippen molar-refractivity contribution in [3.05, 3.63) is 0 Å². The van der Waals surface area contributed by atoms with Crippen molar-refractivity contribution in [2.24, 2.45) is 17.8 Å². The van der Waals surface area contributed by atoms with Gasteiger partial charge in [0, 0.05) is 6.04 Å². The summed E-state index contributed by atoms with van der Waals surface area (Å²) in [6, 6.07) is 0.804. The maximum Gasteiger partial charge on any atom is 0.00925 e. The van der Waals surface area contributed by atoms with Crippen LogP contribution in [0.1, 0.15) is 58.3 Å². The zero-order valence-electron chi connectivity index (χ0n) is 10.5. The molecule has 0 aromatic heterocycles. The average molecular weight is 209 g/mol. The Morgan fingerprint density at radius 2 is 1.53 bits per heavy atom. The van der Waals surface area contributed by atoms with Crippen LogP contribution in [0, 0.1) is 17.8 Å². The standard InChI is InChI=1S/C14H27N/c1-11-13(9-10-14(11)15-2)12-7-5-3-4-6-8-12/h11-15H,3-10H2,1-2H3. The Labute approximate surface area is 95.0 Å². The Morgan fingerprint density at radius 3 is 2.07 bits per heavy atom. The minimum atomic E-state index is 0.804. The van der Waals surface area contributed by atoms with Gasteiger partial charge in [0.25, 0.3) is 0 Å². The highest BCUT2D eigenvalue weighted by Gasteiger charge is 2.36. The van der Waals surface area contributed by atoms with Crippen molar-refractivity contribution in [3.8, 4) is 0 Å². The first kappa shape index (κ1) is 11.4. The van der Waals surface area contributed by atoms with E-state index in [1.165, 1.54) is 51.4 Å². The van der Waals surface area contributed by atoms with Crippen LogP contribution in [0.15, 0.2) is 0 Å². The van der Waals surface area contributed by atoms with E-state index in [1.807, 2.05) is 0 Å². The fourth-order valence-electron chi connectivity index (χ4n) is 4.01. The van der Waals surface area contributed by atoms with Crippen molar-refractivity contribution in [2.45, 2.75) is 64.3 Å². The topological polar surface area (TPSA) is 12.0 Å². The van der Waals surface area contributed by atoms with Crippen molar-refractivity contribution in [3.63, 3.8) is 0 Å². The van der Waals surface area contributed by atoms with Crippen LogP contribution in [0.25, 0.3) is 0 Å². The van der Waals surface area contributed by atoms with Gasteiger partial charge < -0.3 is 5.32 Å². The second kappa shape index (κ2) is 5.34. The fourth-order valence-corrected chi connectivity index (χ4v) is 4.01. The first-order valence-corrected chi connectivity index (χ1v) is 7.00. The molecule has 0 bridgehead atoms. The summed E-state index contributed by atoms with van der Waals surface area (Å²) >= 11 is 0. The first-order chi connectivity index (χ1) is 7.33. The minimum Gasteiger partial charge on any atom is -0.317 e. The van der Waals surface area contributed by atoms with Gasteiger partial charge in [0.05, 0.1) is 0 Å². The minimum absolute atomic E-state index is 0.804. The van der Waals surface area contributed by atoms with Gasteiger partial charge in [0.1, 0.15) is 0 Å². The van der Waals surface area contributed by atoms with E-state index in [0.29, 0.717) is 0 Å². The van der Waals surface area contributed by atoms with Crippen LogP contribution < -0.4 is 5.32 Å². The van der Waals surface area contributed by atoms with E-state index in [2.05, 4.69) is 19.3 Å². The molecule has 1 N–H and O–H groups in total. The maximum atomic E-state index is 3.50. The summed E-state index contributed by atoms with van der Waals surface area (Å²) in [4.78, 5) is 0. The molecular weight excluding hydrogens is 182 g/mol. The Morgan fingerprint density at radius 1 is 0.867 bits per heavy atom. The third-order valence-corrected chi connectivity index (χ3v) is 5.00. The molecule has 88 valence electrons. The molecule has 0 radical (unpaired) electrons. The molecule has 3 unspecified atom stereocenters. The van der Waals surface area contributed by atoms with Crippen LogP contribution in [0.2, 0.25) is 0 Å². The molecule has 2 aliphatic carbocycles. The van der Waals surface area contributed by atoms with Gasteiger partial charge in [-0.05, 0) is 37.6 Å². The monoisotopic (exact) mass is 209 g/mol. The molecule has 0 aromatic rings. The predicted molar refractivity (Wildman–Crippen MR) is 65.9 cm³/mol. The summed E-state index contributed by atoms with van der Waals surface area (Å²) in [6.45, 7) is 2.48. The number of hydrogen-bond donors (Lipinski definition) is 1. The highest BCUT2D eigenvalue weighted by molar-refractivity contribution is 4.89. The zero-order chi connectivity index (χ0) is 10.7. The van der Waals surface area contributed by atoms with Crippen molar-refractivity contribution in [2.75, 3.05) is 7.05 Å². The van der Waals surface area contributed by atoms with Crippen LogP contribution in [-0.4, -0.2) is 13.1 Å². The van der Waals surface area contributed by atoms with Crippen LogP contribution in [0.3, 0.4) is 0 Å². The van der Waals surface area contributed by atoms with E-state index in [0.717, 1.165) is 23.8 Å². The Balaban J connectivity index is 1.92. The van der Waals surface area contributed by atoms with Crippen molar-refractivity contribution >= 4 is 0 Å². The van der Waals surface area contributed by atoms with Crippen LogP contribution in [0.5, 0.6) is 0 Å². The summed E-state index contributed by atoms with van der Waals surface area (Å²) in [5, 5.41) is 3.50. The lowest BCUT2D eigenvalue weighted by Crippen LogP contribution is -2.31. The number of hydrogen-bond acceptors (Lipinski definition) is 1. The Kier molecular flexibility index (Phi) is 4.07. The van der Waals surface area contributed by atoms with Gasteiger partial charge >= 0.3 is 0 Å². The lowest BCUT2D eigenvalue weighted by Gasteiger charge is -2.27. The van der Waals surface area contributed by atoms with Gasteiger partial charge in [-0.15, -0.1) is 0 Å². The van der Waals surface area contributed by atoms with Gasteiger partial charge in [0.2, 0.25) is 0 Å². The lowest BCUT2D eigenvalue weighted by atomic mass is 9.80. The van der Waals surface area contributed by atoms with Gasteiger partial charge in [-0.2, -0.15) is 0 Å². The molecule has 3 atom stereocenters. The van der Waals surface area contributed by atoms with Crippen LogP contribution in [0.4, 0.5) is 0 Å². The molecular formula is C14H27N. The molecule has 0 amide bonds. The molecule has 1 nitrogen and oxygen atoms in total. The molecule has 2 rings (SSSR count). The molecule has 0 spiro atoms. The van der Waals surface area contributed by atoms with Crippen molar-refractivity contribution < 1.29 is 0 Å². The zero-order valence-corrected chi connectivity index (χ0v) is 10.5. The second-order valence-electron chi connectivity index (χ2n) is 5.75. The van der Waals surface area contributed by atoms with Gasteiger partial charge in [-0.25, -0.2) is 0 Å². The van der Waals surface area contributed by atoms with Crippen LogP contribution >= 0.6 is 0 Å². The average Bonchev–Trinajstić information content (AvgIpc) is 2.49. The normalized spacial score (nSPS) is 39.2. The predicted octanol–water partition coefficient (Wildman–Crippen LogP) is 3.59. The smallest absolute Gasteiger partial charge is 0.00925 e. The molecule has 0 aliphatic heterocycles. The largest absolute Gasteiger partial charge is 0.317 e. The van der Waals surface area contributed by atoms with E-state index >= 15 is 0 Å². The number of rotatable bonds is 2. The fraction of sp³-hybridized carbons (Fsp3) is 1.00. The maximum absolute atomic E-state index is 3.50. The highest BCUT2D eigenvalue weighted by Crippen LogP contribution is 2.42. The molecule has 1 heteroatoms. The molecule has 2 aliphatic rings. The summed E-state index contributed by atoms with van der Waals surface area (Å²) in [5.74, 6) is 3.00. The quantitative estimate of drug-likeness (QED) is 0.685. The molecule has 15 heavy (non-hydrogen) atoms. The summed E-state index contributed by atoms with van der Waals surface area (Å²) in [5.41, 5.74) is 0. The molecule has 0 saturated heterocycles. The first-order valence-electron chi connectivity index (χ1n) is 7.00. The highest BCUT2D eigenvalue weighted by atomic mass is 14.9. The van der Waals surface area contributed by atoms with E-state index in [4.69, 9.17) is 0 Å².